The molecular weight excluding hydrogens is 337 g/mol. The first-order valence-corrected chi connectivity index (χ1v) is 8.99. The van der Waals surface area contributed by atoms with Crippen molar-refractivity contribution in [3.63, 3.8) is 0 Å². The summed E-state index contributed by atoms with van der Waals surface area (Å²) in [5.41, 5.74) is 3.00. The van der Waals surface area contributed by atoms with E-state index in [1.165, 1.54) is 6.07 Å². The lowest BCUT2D eigenvalue weighted by Gasteiger charge is -2.10. The number of nitrogens with zero attached hydrogens (tertiary/aromatic N) is 3. The van der Waals surface area contributed by atoms with Crippen molar-refractivity contribution in [2.75, 3.05) is 13.2 Å². The number of ether oxygens (including phenoxy) is 1. The van der Waals surface area contributed by atoms with Crippen LogP contribution in [0.2, 0.25) is 0 Å². The fraction of sp³-hybridized carbons (Fsp3) is 0.526. The molecule has 2 heterocycles. The van der Waals surface area contributed by atoms with Crippen LogP contribution in [0.25, 0.3) is 0 Å². The van der Waals surface area contributed by atoms with E-state index in [9.17, 15) is 9.60 Å². The van der Waals surface area contributed by atoms with Crippen LogP contribution >= 0.6 is 0 Å². The maximum Gasteiger partial charge on any atom is 0.156 e. The minimum Gasteiger partial charge on any atom is -0.411 e. The third-order valence-electron chi connectivity index (χ3n) is 5.63. The Kier molecular flexibility index (Phi) is 4.72. The fourth-order valence-electron chi connectivity index (χ4n) is 4.29. The largest absolute Gasteiger partial charge is 0.411 e. The number of halogens is 1. The zero-order chi connectivity index (χ0) is 18.1. The molecule has 1 aliphatic heterocycles. The SMILES string of the molecule is Cc1cc(CC(=NO)c2nonc2CC2CC3COCC3C2)ccc1F. The van der Waals surface area contributed by atoms with Crippen molar-refractivity contribution in [2.45, 2.75) is 32.6 Å². The van der Waals surface area contributed by atoms with Crippen molar-refractivity contribution in [1.29, 1.82) is 0 Å². The maximum atomic E-state index is 13.5. The van der Waals surface area contributed by atoms with E-state index in [1.807, 2.05) is 0 Å². The number of aryl methyl sites for hydroxylation is 1. The van der Waals surface area contributed by atoms with Crippen LogP contribution in [0.15, 0.2) is 28.0 Å². The van der Waals surface area contributed by atoms with E-state index in [1.54, 1.807) is 19.1 Å². The minimum absolute atomic E-state index is 0.254. The van der Waals surface area contributed by atoms with Crippen LogP contribution in [0.4, 0.5) is 4.39 Å². The zero-order valence-corrected chi connectivity index (χ0v) is 14.7. The summed E-state index contributed by atoms with van der Waals surface area (Å²) < 4.78 is 23.9. The Labute approximate surface area is 151 Å². The van der Waals surface area contributed by atoms with E-state index in [-0.39, 0.29) is 5.82 Å². The molecule has 6 nitrogen and oxygen atoms in total. The Morgan fingerprint density at radius 3 is 2.73 bits per heavy atom. The molecule has 1 saturated carbocycles. The maximum absolute atomic E-state index is 13.5. The summed E-state index contributed by atoms with van der Waals surface area (Å²) in [5.74, 6) is 1.57. The molecule has 2 fully saturated rings. The summed E-state index contributed by atoms with van der Waals surface area (Å²) in [6, 6.07) is 4.84. The van der Waals surface area contributed by atoms with Gasteiger partial charge in [0.15, 0.2) is 5.69 Å². The van der Waals surface area contributed by atoms with Crippen molar-refractivity contribution >= 4 is 5.71 Å². The Bertz CT molecular complexity index is 808. The van der Waals surface area contributed by atoms with Crippen LogP contribution in [-0.2, 0) is 17.6 Å². The Morgan fingerprint density at radius 2 is 2.04 bits per heavy atom. The molecule has 2 unspecified atom stereocenters. The second-order valence-electron chi connectivity index (χ2n) is 7.47. The predicted octanol–water partition coefficient (Wildman–Crippen LogP) is 3.15. The van der Waals surface area contributed by atoms with Crippen molar-refractivity contribution in [3.05, 3.63) is 46.5 Å². The smallest absolute Gasteiger partial charge is 0.156 e. The third kappa shape index (κ3) is 3.35. The molecule has 7 heteroatoms. The average molecular weight is 359 g/mol. The van der Waals surface area contributed by atoms with Crippen molar-refractivity contribution < 1.29 is 19.0 Å². The van der Waals surface area contributed by atoms with Gasteiger partial charge in [0.05, 0.1) is 0 Å². The molecule has 138 valence electrons. The Morgan fingerprint density at radius 1 is 1.27 bits per heavy atom. The second-order valence-corrected chi connectivity index (χ2v) is 7.47. The highest BCUT2D eigenvalue weighted by Gasteiger charge is 2.38. The molecular formula is C19H22FN3O3. The van der Waals surface area contributed by atoms with Gasteiger partial charge in [0.1, 0.15) is 17.2 Å². The van der Waals surface area contributed by atoms with Gasteiger partial charge in [-0.1, -0.05) is 22.4 Å². The molecule has 1 aromatic heterocycles. The topological polar surface area (TPSA) is 80.7 Å². The van der Waals surface area contributed by atoms with Gasteiger partial charge in [-0.25, -0.2) is 9.02 Å². The quantitative estimate of drug-likeness (QED) is 0.504. The van der Waals surface area contributed by atoms with E-state index in [2.05, 4.69) is 15.5 Å². The van der Waals surface area contributed by atoms with Crippen LogP contribution < -0.4 is 0 Å². The summed E-state index contributed by atoms with van der Waals surface area (Å²) in [5, 5.41) is 20.9. The number of hydrogen-bond donors (Lipinski definition) is 1. The number of benzene rings is 1. The van der Waals surface area contributed by atoms with E-state index < -0.39 is 0 Å². The molecule has 0 bridgehead atoms. The highest BCUT2D eigenvalue weighted by molar-refractivity contribution is 6.00. The monoisotopic (exact) mass is 359 g/mol. The lowest BCUT2D eigenvalue weighted by Crippen LogP contribution is -2.12. The zero-order valence-electron chi connectivity index (χ0n) is 14.7. The molecule has 1 N–H and O–H groups in total. The number of oxime groups is 1. The number of aromatic nitrogens is 2. The predicted molar refractivity (Wildman–Crippen MR) is 91.7 cm³/mol. The van der Waals surface area contributed by atoms with Gasteiger partial charge < -0.3 is 9.94 Å². The molecule has 2 aliphatic rings. The third-order valence-corrected chi connectivity index (χ3v) is 5.63. The van der Waals surface area contributed by atoms with Crippen LogP contribution in [0.3, 0.4) is 0 Å². The van der Waals surface area contributed by atoms with Crippen molar-refractivity contribution in [1.82, 2.24) is 10.3 Å². The number of fused-ring (bicyclic) bond motifs is 1. The first kappa shape index (κ1) is 17.1. The van der Waals surface area contributed by atoms with Gasteiger partial charge in [-0.05, 0) is 66.3 Å². The summed E-state index contributed by atoms with van der Waals surface area (Å²) >= 11 is 0. The normalized spacial score (nSPS) is 25.6. The number of hydrogen-bond acceptors (Lipinski definition) is 6. The van der Waals surface area contributed by atoms with Gasteiger partial charge in [-0.3, -0.25) is 0 Å². The van der Waals surface area contributed by atoms with Gasteiger partial charge >= 0.3 is 0 Å². The molecule has 4 rings (SSSR count). The Balaban J connectivity index is 1.48. The van der Waals surface area contributed by atoms with Crippen molar-refractivity contribution in [3.8, 4) is 0 Å². The fourth-order valence-corrected chi connectivity index (χ4v) is 4.29. The summed E-state index contributed by atoms with van der Waals surface area (Å²) in [6.45, 7) is 3.43. The summed E-state index contributed by atoms with van der Waals surface area (Å²) in [7, 11) is 0. The average Bonchev–Trinajstić information content (AvgIpc) is 3.32. The summed E-state index contributed by atoms with van der Waals surface area (Å²) in [4.78, 5) is 0. The Hall–Kier alpha value is -2.28. The lowest BCUT2D eigenvalue weighted by molar-refractivity contribution is 0.166. The van der Waals surface area contributed by atoms with Crippen LogP contribution in [0.1, 0.15) is 35.4 Å². The molecule has 1 aromatic carbocycles. The lowest BCUT2D eigenvalue weighted by atomic mass is 9.96. The molecule has 1 saturated heterocycles. The van der Waals surface area contributed by atoms with E-state index in [0.717, 1.165) is 43.7 Å². The highest BCUT2D eigenvalue weighted by Crippen LogP contribution is 2.41. The van der Waals surface area contributed by atoms with Crippen LogP contribution in [-0.4, -0.2) is 34.4 Å². The second kappa shape index (κ2) is 7.15. The van der Waals surface area contributed by atoms with E-state index in [0.29, 0.717) is 41.1 Å². The van der Waals surface area contributed by atoms with Gasteiger partial charge in [0.25, 0.3) is 0 Å². The number of rotatable bonds is 5. The van der Waals surface area contributed by atoms with Gasteiger partial charge in [-0.2, -0.15) is 0 Å². The van der Waals surface area contributed by atoms with Gasteiger partial charge in [-0.15, -0.1) is 0 Å². The molecule has 0 spiro atoms. The molecule has 0 radical (unpaired) electrons. The van der Waals surface area contributed by atoms with Crippen LogP contribution in [0.5, 0.6) is 0 Å². The standard InChI is InChI=1S/C19H22FN3O3/c1-11-4-12(2-3-16(11)20)7-17(21-24)19-18(22-26-23-19)8-13-5-14-9-25-10-15(14)6-13/h2-4,13-15,24H,5-10H2,1H3. The highest BCUT2D eigenvalue weighted by atomic mass is 19.1. The first-order valence-electron chi connectivity index (χ1n) is 8.99. The molecule has 26 heavy (non-hydrogen) atoms. The summed E-state index contributed by atoms with van der Waals surface area (Å²) in [6.07, 6.45) is 3.34. The first-order chi connectivity index (χ1) is 12.6. The molecule has 1 aliphatic carbocycles. The minimum atomic E-state index is -0.254. The van der Waals surface area contributed by atoms with Gasteiger partial charge in [0, 0.05) is 19.6 Å². The molecule has 2 aromatic rings. The molecule has 2 atom stereocenters. The van der Waals surface area contributed by atoms with Gasteiger partial charge in [0.2, 0.25) is 0 Å². The van der Waals surface area contributed by atoms with E-state index >= 15 is 0 Å². The van der Waals surface area contributed by atoms with Crippen molar-refractivity contribution in [2.24, 2.45) is 22.9 Å². The van der Waals surface area contributed by atoms with E-state index in [4.69, 9.17) is 9.37 Å². The molecule has 0 amide bonds. The van der Waals surface area contributed by atoms with Crippen LogP contribution in [0, 0.1) is 30.5 Å².